The Balaban J connectivity index is 1.98. The van der Waals surface area contributed by atoms with Crippen molar-refractivity contribution in [3.8, 4) is 0 Å². The molecule has 2 aromatic carbocycles. The molecule has 35 heavy (non-hydrogen) atoms. The van der Waals surface area contributed by atoms with Crippen LogP contribution >= 0.6 is 0 Å². The second kappa shape index (κ2) is 9.97. The van der Waals surface area contributed by atoms with Crippen LogP contribution in [0.2, 0.25) is 0 Å². The van der Waals surface area contributed by atoms with Crippen LogP contribution in [0.3, 0.4) is 0 Å². The number of nitrogens with zero attached hydrogens (tertiary/aromatic N) is 2. The van der Waals surface area contributed by atoms with E-state index in [-0.39, 0.29) is 12.2 Å². The summed E-state index contributed by atoms with van der Waals surface area (Å²) in [6, 6.07) is 7.22. The van der Waals surface area contributed by atoms with E-state index in [4.69, 9.17) is 4.74 Å². The molecule has 3 rings (SSSR count). The van der Waals surface area contributed by atoms with Crippen LogP contribution in [0, 0.1) is 0 Å². The van der Waals surface area contributed by atoms with E-state index in [1.807, 2.05) is 0 Å². The molecule has 1 unspecified atom stereocenters. The zero-order valence-corrected chi connectivity index (χ0v) is 18.5. The van der Waals surface area contributed by atoms with Crippen LogP contribution in [0.4, 0.5) is 26.3 Å². The Labute approximate surface area is 196 Å². The van der Waals surface area contributed by atoms with E-state index in [1.54, 1.807) is 0 Å². The number of hydrazine groups is 1. The van der Waals surface area contributed by atoms with Crippen molar-refractivity contribution in [2.45, 2.75) is 29.4 Å². The van der Waals surface area contributed by atoms with Crippen molar-refractivity contribution in [2.75, 3.05) is 13.2 Å². The van der Waals surface area contributed by atoms with Gasteiger partial charge in [0, 0.05) is 12.6 Å². The number of hydrogen-bond donors (Lipinski definition) is 2. The van der Waals surface area contributed by atoms with Gasteiger partial charge in [0.05, 0.1) is 29.2 Å². The van der Waals surface area contributed by atoms with Crippen molar-refractivity contribution in [1.82, 2.24) is 9.84 Å². The molecule has 0 saturated carbocycles. The predicted octanol–water partition coefficient (Wildman–Crippen LogP) is 3.72. The Morgan fingerprint density at radius 1 is 1.00 bits per heavy atom. The molecule has 0 saturated heterocycles. The standard InChI is InChI=1S/C21H19F6N3O4S/c22-20(23,24)16-5-7-17(8-6-16)35(32,33)29-30-14-28-10-9-19(30,34-12-11-31)13-15-3-1-2-4-18(15)21(25,26)27/h1-10,14,29,31H,11-13H2. The fraction of sp³-hybridized carbons (Fsp3) is 0.286. The molecule has 190 valence electrons. The van der Waals surface area contributed by atoms with E-state index in [2.05, 4.69) is 9.82 Å². The van der Waals surface area contributed by atoms with Crippen LogP contribution in [-0.2, 0) is 33.5 Å². The van der Waals surface area contributed by atoms with Gasteiger partial charge < -0.3 is 9.84 Å². The van der Waals surface area contributed by atoms with Crippen LogP contribution in [0.5, 0.6) is 0 Å². The third-order valence-corrected chi connectivity index (χ3v) is 6.26. The zero-order valence-electron chi connectivity index (χ0n) is 17.7. The quantitative estimate of drug-likeness (QED) is 0.515. The van der Waals surface area contributed by atoms with E-state index in [0.29, 0.717) is 12.1 Å². The molecule has 2 aromatic rings. The van der Waals surface area contributed by atoms with Crippen LogP contribution in [-0.4, -0.2) is 43.8 Å². The van der Waals surface area contributed by atoms with Crippen molar-refractivity contribution in [3.63, 3.8) is 0 Å². The van der Waals surface area contributed by atoms with E-state index in [1.165, 1.54) is 30.5 Å². The highest BCUT2D eigenvalue weighted by Gasteiger charge is 2.42. The highest BCUT2D eigenvalue weighted by Crippen LogP contribution is 2.36. The zero-order chi connectivity index (χ0) is 25.9. The van der Waals surface area contributed by atoms with Gasteiger partial charge in [0.1, 0.15) is 6.34 Å². The van der Waals surface area contributed by atoms with Gasteiger partial charge in [0.15, 0.2) is 5.72 Å². The molecule has 1 aliphatic rings. The fourth-order valence-electron chi connectivity index (χ4n) is 3.31. The molecular formula is C21H19F6N3O4S. The Morgan fingerprint density at radius 3 is 2.26 bits per heavy atom. The summed E-state index contributed by atoms with van der Waals surface area (Å²) >= 11 is 0. The molecule has 1 heterocycles. The maximum atomic E-state index is 13.6. The molecule has 7 nitrogen and oxygen atoms in total. The molecular weight excluding hydrogens is 504 g/mol. The van der Waals surface area contributed by atoms with Crippen LogP contribution in [0.25, 0.3) is 0 Å². The number of ether oxygens (including phenoxy) is 1. The number of halogens is 6. The van der Waals surface area contributed by atoms with Gasteiger partial charge >= 0.3 is 12.4 Å². The van der Waals surface area contributed by atoms with Crippen LogP contribution in [0.1, 0.15) is 16.7 Å². The maximum Gasteiger partial charge on any atom is 0.416 e. The lowest BCUT2D eigenvalue weighted by Gasteiger charge is -2.41. The Morgan fingerprint density at radius 2 is 1.66 bits per heavy atom. The summed E-state index contributed by atoms with van der Waals surface area (Å²) in [6.45, 7) is -0.919. The number of aliphatic hydroxyl groups excluding tert-OH is 1. The molecule has 0 aromatic heterocycles. The fourth-order valence-corrected chi connectivity index (χ4v) is 4.37. The second-order valence-corrected chi connectivity index (χ2v) is 8.98. The summed E-state index contributed by atoms with van der Waals surface area (Å²) < 4.78 is 111. The number of benzene rings is 2. The van der Waals surface area contributed by atoms with Crippen molar-refractivity contribution in [1.29, 1.82) is 0 Å². The van der Waals surface area contributed by atoms with E-state index in [9.17, 15) is 39.9 Å². The highest BCUT2D eigenvalue weighted by atomic mass is 32.2. The summed E-state index contributed by atoms with van der Waals surface area (Å²) in [7, 11) is -4.53. The summed E-state index contributed by atoms with van der Waals surface area (Å²) in [4.78, 5) is 5.32. The third kappa shape index (κ3) is 6.20. The van der Waals surface area contributed by atoms with E-state index in [0.717, 1.165) is 29.5 Å². The average Bonchev–Trinajstić information content (AvgIpc) is 2.78. The molecule has 0 aliphatic carbocycles. The topological polar surface area (TPSA) is 91.2 Å². The van der Waals surface area contributed by atoms with Crippen molar-refractivity contribution in [2.24, 2.45) is 4.99 Å². The summed E-state index contributed by atoms with van der Waals surface area (Å²) in [5.74, 6) is 0. The van der Waals surface area contributed by atoms with Gasteiger partial charge in [-0.3, -0.25) is 0 Å². The Hall–Kier alpha value is -2.94. The second-order valence-electron chi connectivity index (χ2n) is 7.32. The average molecular weight is 523 g/mol. The molecule has 0 bridgehead atoms. The minimum atomic E-state index is -4.72. The van der Waals surface area contributed by atoms with Gasteiger partial charge in [-0.15, -0.1) is 4.83 Å². The first-order valence-corrected chi connectivity index (χ1v) is 11.4. The number of sulfonamides is 1. The molecule has 1 atom stereocenters. The van der Waals surface area contributed by atoms with Gasteiger partial charge in [0.2, 0.25) is 0 Å². The van der Waals surface area contributed by atoms with Crippen LogP contribution in [0.15, 0.2) is 70.7 Å². The van der Waals surface area contributed by atoms with Gasteiger partial charge in [-0.1, -0.05) is 18.2 Å². The molecule has 2 N–H and O–H groups in total. The first-order chi connectivity index (χ1) is 16.3. The smallest absolute Gasteiger partial charge is 0.394 e. The summed E-state index contributed by atoms with van der Waals surface area (Å²) in [5, 5.41) is 10.0. The largest absolute Gasteiger partial charge is 0.416 e. The Kier molecular flexibility index (Phi) is 7.59. The minimum absolute atomic E-state index is 0.239. The number of alkyl halides is 6. The number of aliphatic imine (C=N–C) groups is 1. The van der Waals surface area contributed by atoms with Crippen molar-refractivity contribution >= 4 is 16.4 Å². The lowest BCUT2D eigenvalue weighted by atomic mass is 9.96. The van der Waals surface area contributed by atoms with E-state index >= 15 is 0 Å². The van der Waals surface area contributed by atoms with Crippen molar-refractivity contribution in [3.05, 3.63) is 77.5 Å². The van der Waals surface area contributed by atoms with E-state index < -0.39 is 57.2 Å². The first-order valence-electron chi connectivity index (χ1n) is 9.88. The monoisotopic (exact) mass is 523 g/mol. The molecule has 14 heteroatoms. The van der Waals surface area contributed by atoms with Gasteiger partial charge in [0.25, 0.3) is 10.0 Å². The summed E-state index contributed by atoms with van der Waals surface area (Å²) in [5.41, 5.74) is -4.18. The Bertz CT molecular complexity index is 1200. The number of hydrogen-bond acceptors (Lipinski definition) is 6. The highest BCUT2D eigenvalue weighted by molar-refractivity contribution is 7.89. The third-order valence-electron chi connectivity index (χ3n) is 4.93. The van der Waals surface area contributed by atoms with Crippen LogP contribution < -0.4 is 4.83 Å². The number of nitrogens with one attached hydrogen (secondary N) is 1. The van der Waals surface area contributed by atoms with Gasteiger partial charge in [-0.2, -0.15) is 26.3 Å². The maximum absolute atomic E-state index is 13.6. The predicted molar refractivity (Wildman–Crippen MR) is 112 cm³/mol. The van der Waals surface area contributed by atoms with Gasteiger partial charge in [-0.25, -0.2) is 18.4 Å². The lowest BCUT2D eigenvalue weighted by Crippen LogP contribution is -2.59. The normalized spacial score (nSPS) is 18.8. The number of aliphatic hydroxyl groups is 1. The summed E-state index contributed by atoms with van der Waals surface area (Å²) in [6.07, 6.45) is -6.61. The molecule has 1 aliphatic heterocycles. The number of rotatable bonds is 8. The lowest BCUT2D eigenvalue weighted by molar-refractivity contribution is -0.140. The molecule has 0 spiro atoms. The molecule has 0 radical (unpaired) electrons. The molecule has 0 amide bonds. The molecule has 0 fully saturated rings. The first kappa shape index (κ1) is 26.7. The van der Waals surface area contributed by atoms with Crippen molar-refractivity contribution < 1.29 is 44.6 Å². The van der Waals surface area contributed by atoms with Gasteiger partial charge in [-0.05, 0) is 42.0 Å². The SMILES string of the molecule is O=S(=O)(NN1C=NC=CC1(Cc1ccccc1C(F)(F)F)OCCO)c1ccc(C(F)(F)F)cc1. The minimum Gasteiger partial charge on any atom is -0.394 e.